The normalized spacial score (nSPS) is 20.1. The first-order valence-corrected chi connectivity index (χ1v) is 6.87. The van der Waals surface area contributed by atoms with E-state index in [1.165, 1.54) is 19.3 Å². The van der Waals surface area contributed by atoms with E-state index in [1.54, 1.807) is 0 Å². The Morgan fingerprint density at radius 3 is 2.73 bits per heavy atom. The van der Waals surface area contributed by atoms with Crippen LogP contribution in [-0.2, 0) is 0 Å². The van der Waals surface area contributed by atoms with Gasteiger partial charge in [-0.25, -0.2) is 0 Å². The molecule has 1 aromatic rings. The van der Waals surface area contributed by atoms with Gasteiger partial charge in [0.25, 0.3) is 0 Å². The van der Waals surface area contributed by atoms with Crippen LogP contribution in [0.25, 0.3) is 0 Å². The summed E-state index contributed by atoms with van der Waals surface area (Å²) >= 11 is 0. The molecule has 0 unspecified atom stereocenters. The minimum absolute atomic E-state index is 0.395. The molecule has 1 N–H and O–H groups in total. The van der Waals surface area contributed by atoms with Gasteiger partial charge >= 0.3 is 0 Å². The molecule has 2 nitrogen and oxygen atoms in total. The van der Waals surface area contributed by atoms with Crippen molar-refractivity contribution in [3.05, 3.63) is 24.4 Å². The largest absolute Gasteiger partial charge is 0.390 e. The van der Waals surface area contributed by atoms with Crippen molar-refractivity contribution < 1.29 is 5.11 Å². The highest BCUT2D eigenvalue weighted by atomic mass is 28.2. The molecule has 2 radical (unpaired) electrons. The van der Waals surface area contributed by atoms with Crippen LogP contribution in [0.3, 0.4) is 0 Å². The zero-order chi connectivity index (χ0) is 10.6. The van der Waals surface area contributed by atoms with Crippen LogP contribution >= 0.6 is 0 Å². The van der Waals surface area contributed by atoms with Crippen LogP contribution in [0.15, 0.2) is 24.4 Å². The third-order valence-electron chi connectivity index (χ3n) is 3.05. The van der Waals surface area contributed by atoms with Crippen molar-refractivity contribution in [3.63, 3.8) is 0 Å². The third-order valence-corrected chi connectivity index (χ3v) is 4.54. The highest BCUT2D eigenvalue weighted by Gasteiger charge is 2.28. The molecule has 2 rings (SSSR count). The minimum atomic E-state index is -0.395. The van der Waals surface area contributed by atoms with Gasteiger partial charge in [-0.3, -0.25) is 4.98 Å². The molecule has 1 aliphatic rings. The van der Waals surface area contributed by atoms with E-state index >= 15 is 0 Å². The molecular formula is C12H17NOSi. The summed E-state index contributed by atoms with van der Waals surface area (Å²) in [4.78, 5) is 4.30. The fourth-order valence-electron chi connectivity index (χ4n) is 2.11. The molecule has 15 heavy (non-hydrogen) atoms. The Morgan fingerprint density at radius 1 is 1.27 bits per heavy atom. The van der Waals surface area contributed by atoms with Crippen molar-refractivity contribution in [3.8, 4) is 0 Å². The lowest BCUT2D eigenvalue weighted by Crippen LogP contribution is -2.35. The number of aromatic nitrogens is 1. The summed E-state index contributed by atoms with van der Waals surface area (Å²) in [5.74, 6) is 0. The molecule has 0 aliphatic heterocycles. The summed E-state index contributed by atoms with van der Waals surface area (Å²) < 4.78 is 0. The smallest absolute Gasteiger partial charge is 0.110 e. The monoisotopic (exact) mass is 219 g/mol. The minimum Gasteiger partial charge on any atom is -0.390 e. The summed E-state index contributed by atoms with van der Waals surface area (Å²) in [6.07, 6.45) is 7.44. The van der Waals surface area contributed by atoms with Gasteiger partial charge in [0.05, 0.1) is 5.60 Å². The summed E-state index contributed by atoms with van der Waals surface area (Å²) in [6, 6.07) is 6.89. The van der Waals surface area contributed by atoms with Crippen molar-refractivity contribution in [1.29, 1.82) is 0 Å². The van der Waals surface area contributed by atoms with Gasteiger partial charge < -0.3 is 5.11 Å². The first kappa shape index (κ1) is 10.8. The molecule has 0 spiro atoms. The van der Waals surface area contributed by atoms with E-state index in [9.17, 15) is 5.11 Å². The highest BCUT2D eigenvalue weighted by Crippen LogP contribution is 2.30. The molecule has 1 aliphatic carbocycles. The number of nitrogens with zero attached hydrogens (tertiary/aromatic N) is 1. The SMILES string of the molecule is OC1(C[Si]c2ccccn2)CCCCC1. The molecule has 0 bridgehead atoms. The van der Waals surface area contributed by atoms with Gasteiger partial charge in [0.2, 0.25) is 0 Å². The Bertz CT molecular complexity index is 296. The summed E-state index contributed by atoms with van der Waals surface area (Å²) in [5, 5.41) is 11.4. The fraction of sp³-hybridized carbons (Fsp3) is 0.583. The molecule has 1 aromatic heterocycles. The third kappa shape index (κ3) is 3.14. The van der Waals surface area contributed by atoms with E-state index in [1.807, 2.05) is 24.4 Å². The van der Waals surface area contributed by atoms with E-state index in [2.05, 4.69) is 4.98 Å². The van der Waals surface area contributed by atoms with Crippen LogP contribution in [0.4, 0.5) is 0 Å². The lowest BCUT2D eigenvalue weighted by Gasteiger charge is -2.31. The van der Waals surface area contributed by atoms with Crippen molar-refractivity contribution >= 4 is 14.8 Å². The molecule has 0 aromatic carbocycles. The number of hydrogen-bond acceptors (Lipinski definition) is 2. The van der Waals surface area contributed by atoms with Gasteiger partial charge in [0.1, 0.15) is 9.52 Å². The molecule has 1 fully saturated rings. The first-order valence-electron chi connectivity index (χ1n) is 5.66. The van der Waals surface area contributed by atoms with Crippen LogP contribution in [0.2, 0.25) is 6.04 Å². The Hall–Kier alpha value is -0.673. The number of aliphatic hydroxyl groups is 1. The molecule has 80 valence electrons. The maximum atomic E-state index is 10.3. The van der Waals surface area contributed by atoms with E-state index in [0.29, 0.717) is 9.52 Å². The first-order chi connectivity index (χ1) is 7.29. The van der Waals surface area contributed by atoms with E-state index in [4.69, 9.17) is 0 Å². The topological polar surface area (TPSA) is 33.1 Å². The van der Waals surface area contributed by atoms with Crippen LogP contribution in [0.5, 0.6) is 0 Å². The summed E-state index contributed by atoms with van der Waals surface area (Å²) in [6.45, 7) is 0. The van der Waals surface area contributed by atoms with Gasteiger partial charge in [-0.1, -0.05) is 25.3 Å². The van der Waals surface area contributed by atoms with Crippen LogP contribution in [0, 0.1) is 0 Å². The maximum absolute atomic E-state index is 10.3. The van der Waals surface area contributed by atoms with Gasteiger partial charge in [0.15, 0.2) is 0 Å². The standard InChI is InChI=1S/C12H17NOSi/c14-12(7-3-1-4-8-12)10-15-11-6-2-5-9-13-11/h2,5-6,9,14H,1,3-4,7-8,10H2. The Morgan fingerprint density at radius 2 is 2.07 bits per heavy atom. The molecule has 3 heteroatoms. The number of hydrogen-bond donors (Lipinski definition) is 1. The maximum Gasteiger partial charge on any atom is 0.110 e. The highest BCUT2D eigenvalue weighted by molar-refractivity contribution is 6.52. The van der Waals surface area contributed by atoms with Crippen molar-refractivity contribution in [1.82, 2.24) is 4.98 Å². The van der Waals surface area contributed by atoms with Crippen LogP contribution < -0.4 is 5.32 Å². The van der Waals surface area contributed by atoms with Crippen molar-refractivity contribution in [2.75, 3.05) is 0 Å². The van der Waals surface area contributed by atoms with E-state index in [0.717, 1.165) is 24.2 Å². The second kappa shape index (κ2) is 4.90. The average molecular weight is 219 g/mol. The molecular weight excluding hydrogens is 202 g/mol. The van der Waals surface area contributed by atoms with Crippen LogP contribution in [-0.4, -0.2) is 25.2 Å². The average Bonchev–Trinajstić information content (AvgIpc) is 2.29. The summed E-state index contributed by atoms with van der Waals surface area (Å²) in [7, 11) is 0.645. The molecule has 0 atom stereocenters. The van der Waals surface area contributed by atoms with E-state index < -0.39 is 5.60 Å². The fourth-order valence-corrected chi connectivity index (χ4v) is 3.35. The molecule has 0 saturated heterocycles. The summed E-state index contributed by atoms with van der Waals surface area (Å²) in [5.41, 5.74) is -0.395. The lowest BCUT2D eigenvalue weighted by atomic mass is 9.86. The Labute approximate surface area is 93.6 Å². The molecule has 1 heterocycles. The predicted octanol–water partition coefficient (Wildman–Crippen LogP) is 1.52. The number of pyridine rings is 1. The second-order valence-corrected chi connectivity index (χ2v) is 5.57. The van der Waals surface area contributed by atoms with Gasteiger partial charge in [-0.05, 0) is 31.0 Å². The lowest BCUT2D eigenvalue weighted by molar-refractivity contribution is 0.0228. The van der Waals surface area contributed by atoms with Crippen LogP contribution in [0.1, 0.15) is 32.1 Å². The molecule has 0 amide bonds. The van der Waals surface area contributed by atoms with Crippen molar-refractivity contribution in [2.45, 2.75) is 43.7 Å². The molecule has 1 saturated carbocycles. The number of rotatable bonds is 3. The Balaban J connectivity index is 1.87. The van der Waals surface area contributed by atoms with Gasteiger partial charge in [0, 0.05) is 11.5 Å². The zero-order valence-electron chi connectivity index (χ0n) is 8.95. The predicted molar refractivity (Wildman–Crippen MR) is 62.5 cm³/mol. The second-order valence-electron chi connectivity index (χ2n) is 4.35. The van der Waals surface area contributed by atoms with Gasteiger partial charge in [-0.2, -0.15) is 0 Å². The van der Waals surface area contributed by atoms with Crippen molar-refractivity contribution in [2.24, 2.45) is 0 Å². The zero-order valence-corrected chi connectivity index (χ0v) is 9.95. The van der Waals surface area contributed by atoms with Gasteiger partial charge in [-0.15, -0.1) is 0 Å². The quantitative estimate of drug-likeness (QED) is 0.782. The Kier molecular flexibility index (Phi) is 3.54. The van der Waals surface area contributed by atoms with E-state index in [-0.39, 0.29) is 0 Å².